The van der Waals surface area contributed by atoms with E-state index in [2.05, 4.69) is 37.9 Å². The van der Waals surface area contributed by atoms with Gasteiger partial charge in [-0.2, -0.15) is 0 Å². The third-order valence-corrected chi connectivity index (χ3v) is 3.88. The Morgan fingerprint density at radius 2 is 2.07 bits per heavy atom. The Hall–Kier alpha value is -0.0800. The fourth-order valence-electron chi connectivity index (χ4n) is 2.34. The van der Waals surface area contributed by atoms with E-state index in [1.165, 1.54) is 39.1 Å². The molecule has 0 aromatic carbocycles. The van der Waals surface area contributed by atoms with E-state index in [9.17, 15) is 0 Å². The van der Waals surface area contributed by atoms with Crippen LogP contribution < -0.4 is 5.32 Å². The van der Waals surface area contributed by atoms with Crippen molar-refractivity contribution in [2.45, 2.75) is 34.1 Å². The van der Waals surface area contributed by atoms with Crippen LogP contribution >= 0.6 is 0 Å². The summed E-state index contributed by atoms with van der Waals surface area (Å²) in [6.07, 6.45) is 1.30. The van der Waals surface area contributed by atoms with E-state index < -0.39 is 0 Å². The van der Waals surface area contributed by atoms with E-state index in [1.54, 1.807) is 0 Å². The fraction of sp³-hybridized carbons (Fsp3) is 1.00. The molecule has 0 aliphatic carbocycles. The van der Waals surface area contributed by atoms with Crippen molar-refractivity contribution < 1.29 is 0 Å². The van der Waals surface area contributed by atoms with Crippen molar-refractivity contribution in [1.29, 1.82) is 0 Å². The maximum Gasteiger partial charge on any atom is 0.00248 e. The first-order chi connectivity index (χ1) is 7.17. The van der Waals surface area contributed by atoms with E-state index in [0.717, 1.165) is 17.8 Å². The molecule has 1 aliphatic rings. The largest absolute Gasteiger partial charge is 0.316 e. The smallest absolute Gasteiger partial charge is 0.00248 e. The normalized spacial score (nSPS) is 28.6. The van der Waals surface area contributed by atoms with E-state index in [0.29, 0.717) is 0 Å². The second kappa shape index (κ2) is 6.49. The molecule has 0 amide bonds. The van der Waals surface area contributed by atoms with Crippen LogP contribution in [0.1, 0.15) is 34.1 Å². The Bertz CT molecular complexity index is 170. The van der Waals surface area contributed by atoms with E-state index >= 15 is 0 Å². The molecular weight excluding hydrogens is 184 g/mol. The van der Waals surface area contributed by atoms with Gasteiger partial charge in [0.15, 0.2) is 0 Å². The van der Waals surface area contributed by atoms with Gasteiger partial charge in [-0.25, -0.2) is 0 Å². The van der Waals surface area contributed by atoms with Crippen LogP contribution in [-0.4, -0.2) is 37.6 Å². The van der Waals surface area contributed by atoms with Crippen molar-refractivity contribution in [1.82, 2.24) is 10.2 Å². The summed E-state index contributed by atoms with van der Waals surface area (Å²) < 4.78 is 0. The average molecular weight is 212 g/mol. The maximum atomic E-state index is 3.49. The van der Waals surface area contributed by atoms with Gasteiger partial charge in [0.05, 0.1) is 0 Å². The van der Waals surface area contributed by atoms with Gasteiger partial charge >= 0.3 is 0 Å². The molecule has 0 aromatic rings. The predicted octanol–water partition coefficient (Wildman–Crippen LogP) is 2.21. The first kappa shape index (κ1) is 13.0. The SMILES string of the molecule is CCC(C)CN(CC)C[C@@H]1CNC[C@H]1C. The molecule has 90 valence electrons. The molecule has 1 heterocycles. The zero-order valence-electron chi connectivity index (χ0n) is 10.9. The predicted molar refractivity (Wildman–Crippen MR) is 67.1 cm³/mol. The van der Waals surface area contributed by atoms with Crippen LogP contribution in [0.25, 0.3) is 0 Å². The highest BCUT2D eigenvalue weighted by molar-refractivity contribution is 4.80. The van der Waals surface area contributed by atoms with Gasteiger partial charge in [-0.3, -0.25) is 0 Å². The summed E-state index contributed by atoms with van der Waals surface area (Å²) in [5.41, 5.74) is 0. The minimum Gasteiger partial charge on any atom is -0.316 e. The van der Waals surface area contributed by atoms with Crippen molar-refractivity contribution in [2.24, 2.45) is 17.8 Å². The zero-order chi connectivity index (χ0) is 11.3. The summed E-state index contributed by atoms with van der Waals surface area (Å²) in [6, 6.07) is 0. The highest BCUT2D eigenvalue weighted by Gasteiger charge is 2.24. The van der Waals surface area contributed by atoms with Crippen molar-refractivity contribution in [3.8, 4) is 0 Å². The molecular formula is C13H28N2. The lowest BCUT2D eigenvalue weighted by Crippen LogP contribution is -2.35. The first-order valence-corrected chi connectivity index (χ1v) is 6.60. The third kappa shape index (κ3) is 4.12. The number of nitrogens with one attached hydrogen (secondary N) is 1. The topological polar surface area (TPSA) is 15.3 Å². The van der Waals surface area contributed by atoms with Gasteiger partial charge < -0.3 is 10.2 Å². The fourth-order valence-corrected chi connectivity index (χ4v) is 2.34. The van der Waals surface area contributed by atoms with Gasteiger partial charge in [-0.1, -0.05) is 34.1 Å². The molecule has 1 fully saturated rings. The molecule has 2 nitrogen and oxygen atoms in total. The highest BCUT2D eigenvalue weighted by atomic mass is 15.1. The molecule has 0 bridgehead atoms. The number of rotatable bonds is 6. The lowest BCUT2D eigenvalue weighted by Gasteiger charge is -2.28. The van der Waals surface area contributed by atoms with E-state index in [1.807, 2.05) is 0 Å². The van der Waals surface area contributed by atoms with Crippen LogP contribution in [0, 0.1) is 17.8 Å². The Morgan fingerprint density at radius 1 is 1.33 bits per heavy atom. The molecule has 0 aromatic heterocycles. The zero-order valence-corrected chi connectivity index (χ0v) is 10.9. The summed E-state index contributed by atoms with van der Waals surface area (Å²) in [5, 5.41) is 3.49. The molecule has 1 saturated heterocycles. The Kier molecular flexibility index (Phi) is 5.62. The lowest BCUT2D eigenvalue weighted by atomic mass is 9.97. The quantitative estimate of drug-likeness (QED) is 0.726. The van der Waals surface area contributed by atoms with Crippen molar-refractivity contribution in [3.05, 3.63) is 0 Å². The van der Waals surface area contributed by atoms with Crippen LogP contribution in [0.3, 0.4) is 0 Å². The Morgan fingerprint density at radius 3 is 2.53 bits per heavy atom. The molecule has 1 unspecified atom stereocenters. The summed E-state index contributed by atoms with van der Waals surface area (Å²) in [7, 11) is 0. The summed E-state index contributed by atoms with van der Waals surface area (Å²) in [5.74, 6) is 2.57. The second-order valence-corrected chi connectivity index (χ2v) is 5.26. The minimum atomic E-state index is 0.842. The Balaban J connectivity index is 2.32. The van der Waals surface area contributed by atoms with Crippen LogP contribution in [-0.2, 0) is 0 Å². The lowest BCUT2D eigenvalue weighted by molar-refractivity contribution is 0.200. The van der Waals surface area contributed by atoms with Gasteiger partial charge in [-0.05, 0) is 37.4 Å². The van der Waals surface area contributed by atoms with Crippen LogP contribution in [0.5, 0.6) is 0 Å². The highest BCUT2D eigenvalue weighted by Crippen LogP contribution is 2.18. The maximum absolute atomic E-state index is 3.49. The molecule has 2 heteroatoms. The van der Waals surface area contributed by atoms with Crippen LogP contribution in [0.2, 0.25) is 0 Å². The molecule has 15 heavy (non-hydrogen) atoms. The van der Waals surface area contributed by atoms with Crippen molar-refractivity contribution in [3.63, 3.8) is 0 Å². The molecule has 0 spiro atoms. The second-order valence-electron chi connectivity index (χ2n) is 5.26. The summed E-state index contributed by atoms with van der Waals surface area (Å²) in [4.78, 5) is 2.63. The van der Waals surface area contributed by atoms with Crippen LogP contribution in [0.15, 0.2) is 0 Å². The monoisotopic (exact) mass is 212 g/mol. The Labute approximate surface area is 95.4 Å². The van der Waals surface area contributed by atoms with Crippen LogP contribution in [0.4, 0.5) is 0 Å². The van der Waals surface area contributed by atoms with Gasteiger partial charge in [0.1, 0.15) is 0 Å². The molecule has 1 rings (SSSR count). The summed E-state index contributed by atoms with van der Waals surface area (Å²) >= 11 is 0. The number of hydrogen-bond donors (Lipinski definition) is 1. The molecule has 3 atom stereocenters. The third-order valence-electron chi connectivity index (χ3n) is 3.88. The first-order valence-electron chi connectivity index (χ1n) is 6.60. The summed E-state index contributed by atoms with van der Waals surface area (Å²) in [6.45, 7) is 15.5. The van der Waals surface area contributed by atoms with Crippen molar-refractivity contribution in [2.75, 3.05) is 32.7 Å². The molecule has 1 N–H and O–H groups in total. The van der Waals surface area contributed by atoms with Crippen molar-refractivity contribution >= 4 is 0 Å². The molecule has 0 saturated carbocycles. The van der Waals surface area contributed by atoms with E-state index in [4.69, 9.17) is 0 Å². The minimum absolute atomic E-state index is 0.842. The van der Waals surface area contributed by atoms with Gasteiger partial charge in [-0.15, -0.1) is 0 Å². The number of hydrogen-bond acceptors (Lipinski definition) is 2. The van der Waals surface area contributed by atoms with Gasteiger partial charge in [0, 0.05) is 13.1 Å². The van der Waals surface area contributed by atoms with Gasteiger partial charge in [0.2, 0.25) is 0 Å². The van der Waals surface area contributed by atoms with Gasteiger partial charge in [0.25, 0.3) is 0 Å². The standard InChI is InChI=1S/C13H28N2/c1-5-11(3)9-15(6-2)10-13-8-14-7-12(13)4/h11-14H,5-10H2,1-4H3/t11?,12-,13+/m1/s1. The number of nitrogens with zero attached hydrogens (tertiary/aromatic N) is 1. The molecule has 1 aliphatic heterocycles. The average Bonchev–Trinajstić information content (AvgIpc) is 2.63. The van der Waals surface area contributed by atoms with E-state index in [-0.39, 0.29) is 0 Å². The molecule has 0 radical (unpaired) electrons.